The van der Waals surface area contributed by atoms with E-state index in [2.05, 4.69) is 37.9 Å². The molecule has 0 radical (unpaired) electrons. The Balaban J connectivity index is 2.21. The first kappa shape index (κ1) is 18.0. The smallest absolute Gasteiger partial charge is 0.118 e. The van der Waals surface area contributed by atoms with E-state index < -0.39 is 11.1 Å². The summed E-state index contributed by atoms with van der Waals surface area (Å²) in [4.78, 5) is 0. The molecule has 0 heterocycles. The van der Waals surface area contributed by atoms with Gasteiger partial charge in [-0.25, -0.2) is 0 Å². The summed E-state index contributed by atoms with van der Waals surface area (Å²) in [6.45, 7) is 8.23. The van der Waals surface area contributed by atoms with E-state index >= 15 is 0 Å². The Kier molecular flexibility index (Phi) is 5.27. The highest BCUT2D eigenvalue weighted by Crippen LogP contribution is 2.32. The quantitative estimate of drug-likeness (QED) is 0.674. The lowest BCUT2D eigenvalue weighted by Gasteiger charge is -2.24. The van der Waals surface area contributed by atoms with Gasteiger partial charge in [-0.15, -0.1) is 0 Å². The molecule has 4 nitrogen and oxygen atoms in total. The Morgan fingerprint density at radius 1 is 0.583 bits per heavy atom. The molecule has 0 bridgehead atoms. The Labute approximate surface area is 144 Å². The van der Waals surface area contributed by atoms with Gasteiger partial charge in [-0.2, -0.15) is 10.2 Å². The van der Waals surface area contributed by atoms with E-state index in [1.807, 2.05) is 48.5 Å². The minimum Gasteiger partial charge on any atom is -0.497 e. The normalized spacial score (nSPS) is 12.4. The number of nitrogens with zero attached hydrogens (tertiary/aromatic N) is 2. The van der Waals surface area contributed by atoms with E-state index in [0.717, 1.165) is 22.6 Å². The zero-order chi connectivity index (χ0) is 17.8. The Hall–Kier alpha value is -2.36. The van der Waals surface area contributed by atoms with Gasteiger partial charge in [0.05, 0.1) is 14.2 Å². The van der Waals surface area contributed by atoms with Crippen LogP contribution in [0.25, 0.3) is 0 Å². The number of methoxy groups -OCH3 is 2. The highest BCUT2D eigenvalue weighted by Gasteiger charge is 2.24. The Bertz CT molecular complexity index is 625. The second-order valence-electron chi connectivity index (χ2n) is 6.78. The van der Waals surface area contributed by atoms with Gasteiger partial charge >= 0.3 is 0 Å². The first-order valence-corrected chi connectivity index (χ1v) is 8.01. The summed E-state index contributed by atoms with van der Waals surface area (Å²) in [5.74, 6) is 1.68. The summed E-state index contributed by atoms with van der Waals surface area (Å²) in [6, 6.07) is 15.9. The molecule has 0 aliphatic rings. The predicted octanol–water partition coefficient (Wildman–Crippen LogP) is 5.33. The average Bonchev–Trinajstić information content (AvgIpc) is 2.60. The van der Waals surface area contributed by atoms with Crippen LogP contribution in [-0.4, -0.2) is 14.2 Å². The molecule has 24 heavy (non-hydrogen) atoms. The van der Waals surface area contributed by atoms with Crippen LogP contribution in [0.15, 0.2) is 58.8 Å². The van der Waals surface area contributed by atoms with E-state index in [4.69, 9.17) is 9.47 Å². The van der Waals surface area contributed by atoms with Crippen LogP contribution < -0.4 is 9.47 Å². The molecule has 0 saturated carbocycles. The molecule has 2 aromatic carbocycles. The molecule has 0 spiro atoms. The molecule has 0 unspecified atom stereocenters. The Morgan fingerprint density at radius 2 is 0.875 bits per heavy atom. The van der Waals surface area contributed by atoms with Crippen LogP contribution in [0.3, 0.4) is 0 Å². The topological polar surface area (TPSA) is 43.2 Å². The highest BCUT2D eigenvalue weighted by molar-refractivity contribution is 5.32. The summed E-state index contributed by atoms with van der Waals surface area (Å²) in [5.41, 5.74) is 1.38. The van der Waals surface area contributed by atoms with Crippen molar-refractivity contribution in [1.29, 1.82) is 0 Å². The van der Waals surface area contributed by atoms with Crippen molar-refractivity contribution in [1.82, 2.24) is 0 Å². The maximum atomic E-state index is 5.21. The van der Waals surface area contributed by atoms with Gasteiger partial charge in [-0.1, -0.05) is 24.3 Å². The maximum absolute atomic E-state index is 5.21. The molecule has 0 aliphatic heterocycles. The third kappa shape index (κ3) is 4.13. The predicted molar refractivity (Wildman–Crippen MR) is 96.9 cm³/mol. The van der Waals surface area contributed by atoms with E-state index in [-0.39, 0.29) is 0 Å². The average molecular weight is 326 g/mol. The van der Waals surface area contributed by atoms with Crippen molar-refractivity contribution in [3.05, 3.63) is 59.7 Å². The summed E-state index contributed by atoms with van der Waals surface area (Å²) >= 11 is 0. The first-order valence-electron chi connectivity index (χ1n) is 8.01. The number of rotatable bonds is 6. The molecule has 0 fully saturated rings. The van der Waals surface area contributed by atoms with Gasteiger partial charge in [0.1, 0.15) is 22.6 Å². The summed E-state index contributed by atoms with van der Waals surface area (Å²) in [5, 5.41) is 9.25. The number of hydrogen-bond acceptors (Lipinski definition) is 4. The zero-order valence-electron chi connectivity index (χ0n) is 15.3. The number of benzene rings is 2. The number of hydrogen-bond donors (Lipinski definition) is 0. The van der Waals surface area contributed by atoms with Gasteiger partial charge in [-0.3, -0.25) is 0 Å². The fraction of sp³-hybridized carbons (Fsp3) is 0.400. The second kappa shape index (κ2) is 7.04. The monoisotopic (exact) mass is 326 g/mol. The summed E-state index contributed by atoms with van der Waals surface area (Å²) in [7, 11) is 3.33. The van der Waals surface area contributed by atoms with Crippen molar-refractivity contribution < 1.29 is 9.47 Å². The van der Waals surface area contributed by atoms with Gasteiger partial charge in [0, 0.05) is 0 Å². The lowest BCUT2D eigenvalue weighted by molar-refractivity contribution is 0.411. The van der Waals surface area contributed by atoms with Crippen molar-refractivity contribution >= 4 is 0 Å². The lowest BCUT2D eigenvalue weighted by atomic mass is 9.94. The van der Waals surface area contributed by atoms with E-state index in [0.29, 0.717) is 0 Å². The van der Waals surface area contributed by atoms with Crippen molar-refractivity contribution in [2.45, 2.75) is 38.8 Å². The number of azo groups is 1. The molecule has 0 atom stereocenters. The lowest BCUT2D eigenvalue weighted by Crippen LogP contribution is -2.18. The number of ether oxygens (including phenoxy) is 2. The molecule has 128 valence electrons. The minimum atomic E-state index is -0.407. The van der Waals surface area contributed by atoms with E-state index in [1.54, 1.807) is 14.2 Å². The maximum Gasteiger partial charge on any atom is 0.118 e. The van der Waals surface area contributed by atoms with Crippen molar-refractivity contribution in [2.75, 3.05) is 14.2 Å². The summed E-state index contributed by atoms with van der Waals surface area (Å²) in [6.07, 6.45) is 0. The third-order valence-corrected chi connectivity index (χ3v) is 4.14. The molecular weight excluding hydrogens is 300 g/mol. The molecular formula is C20H26N2O2. The Morgan fingerprint density at radius 3 is 1.12 bits per heavy atom. The minimum absolute atomic E-state index is 0.407. The molecule has 2 rings (SSSR count). The van der Waals surface area contributed by atoms with Gasteiger partial charge in [0.2, 0.25) is 0 Å². The van der Waals surface area contributed by atoms with Crippen LogP contribution >= 0.6 is 0 Å². The molecule has 0 aromatic heterocycles. The van der Waals surface area contributed by atoms with Crippen molar-refractivity contribution in [2.24, 2.45) is 10.2 Å². The fourth-order valence-electron chi connectivity index (χ4n) is 2.36. The second-order valence-corrected chi connectivity index (χ2v) is 6.78. The molecule has 0 N–H and O–H groups in total. The van der Waals surface area contributed by atoms with Crippen molar-refractivity contribution in [3.8, 4) is 11.5 Å². The first-order chi connectivity index (χ1) is 11.3. The summed E-state index contributed by atoms with van der Waals surface area (Å²) < 4.78 is 10.4. The van der Waals surface area contributed by atoms with Crippen LogP contribution in [0.5, 0.6) is 11.5 Å². The zero-order valence-corrected chi connectivity index (χ0v) is 15.3. The third-order valence-electron chi connectivity index (χ3n) is 4.14. The van der Waals surface area contributed by atoms with Crippen LogP contribution in [0.4, 0.5) is 0 Å². The largest absolute Gasteiger partial charge is 0.497 e. The highest BCUT2D eigenvalue weighted by atomic mass is 16.5. The van der Waals surface area contributed by atoms with E-state index in [1.165, 1.54) is 0 Å². The van der Waals surface area contributed by atoms with Crippen LogP contribution in [-0.2, 0) is 11.1 Å². The van der Waals surface area contributed by atoms with Crippen LogP contribution in [0.1, 0.15) is 38.8 Å². The molecule has 0 amide bonds. The molecule has 0 saturated heterocycles. The molecule has 4 heteroatoms. The van der Waals surface area contributed by atoms with Gasteiger partial charge in [-0.05, 0) is 63.1 Å². The van der Waals surface area contributed by atoms with Gasteiger partial charge in [0.25, 0.3) is 0 Å². The van der Waals surface area contributed by atoms with Gasteiger partial charge in [0.15, 0.2) is 0 Å². The molecule has 0 aliphatic carbocycles. The van der Waals surface area contributed by atoms with Crippen LogP contribution in [0, 0.1) is 0 Å². The van der Waals surface area contributed by atoms with Crippen molar-refractivity contribution in [3.63, 3.8) is 0 Å². The fourth-order valence-corrected chi connectivity index (χ4v) is 2.36. The van der Waals surface area contributed by atoms with Gasteiger partial charge < -0.3 is 9.47 Å². The van der Waals surface area contributed by atoms with Crippen LogP contribution in [0.2, 0.25) is 0 Å². The standard InChI is InChI=1S/C20H26N2O2/c1-19(2,15-7-11-17(23-5)12-8-15)21-22-20(3,4)16-9-13-18(24-6)14-10-16/h7-14H,1-6H3. The van der Waals surface area contributed by atoms with E-state index in [9.17, 15) is 0 Å². The SMILES string of the molecule is COc1ccc(C(C)(C)N=NC(C)(C)c2ccc(OC)cc2)cc1. The molecule has 2 aromatic rings.